The Morgan fingerprint density at radius 3 is 2.61 bits per heavy atom. The molecule has 1 heterocycles. The van der Waals surface area contributed by atoms with Crippen LogP contribution in [0, 0.1) is 11.8 Å². The van der Waals surface area contributed by atoms with Gasteiger partial charge >= 0.3 is 5.97 Å². The fourth-order valence-electron chi connectivity index (χ4n) is 2.84. The zero-order valence-electron chi connectivity index (χ0n) is 14.2. The fourth-order valence-corrected chi connectivity index (χ4v) is 2.84. The Hall–Kier alpha value is -1.75. The standard InChI is InChI=1S/C18H27NO4/c1-13(2)12-23-17-15(5-4-6-16(17)22-3)11-19-9-7-14(8-10-19)18(20)21/h4-6,13-14H,7-12H2,1-3H3,(H,20,21). The highest BCUT2D eigenvalue weighted by Gasteiger charge is 2.25. The number of piperidine rings is 1. The molecule has 0 radical (unpaired) electrons. The molecule has 0 saturated carbocycles. The molecule has 5 nitrogen and oxygen atoms in total. The van der Waals surface area contributed by atoms with Gasteiger partial charge in [-0.05, 0) is 37.9 Å². The molecule has 0 aliphatic carbocycles. The Morgan fingerprint density at radius 2 is 2.04 bits per heavy atom. The van der Waals surface area contributed by atoms with E-state index < -0.39 is 5.97 Å². The molecule has 0 amide bonds. The van der Waals surface area contributed by atoms with Crippen molar-refractivity contribution in [2.45, 2.75) is 33.2 Å². The summed E-state index contributed by atoms with van der Waals surface area (Å²) >= 11 is 0. The minimum absolute atomic E-state index is 0.201. The van der Waals surface area contributed by atoms with E-state index >= 15 is 0 Å². The van der Waals surface area contributed by atoms with Crippen LogP contribution in [-0.4, -0.2) is 42.8 Å². The van der Waals surface area contributed by atoms with Crippen LogP contribution in [0.3, 0.4) is 0 Å². The number of methoxy groups -OCH3 is 1. The first kappa shape index (κ1) is 17.6. The van der Waals surface area contributed by atoms with Gasteiger partial charge in [0, 0.05) is 12.1 Å². The van der Waals surface area contributed by atoms with Crippen LogP contribution in [-0.2, 0) is 11.3 Å². The lowest BCUT2D eigenvalue weighted by Crippen LogP contribution is -2.35. The number of carboxylic acids is 1. The summed E-state index contributed by atoms with van der Waals surface area (Å²) in [6, 6.07) is 5.94. The molecule has 1 aliphatic heterocycles. The SMILES string of the molecule is COc1cccc(CN2CCC(C(=O)O)CC2)c1OCC(C)C. The average molecular weight is 321 g/mol. The average Bonchev–Trinajstić information content (AvgIpc) is 2.53. The Bertz CT molecular complexity index is 522. The summed E-state index contributed by atoms with van der Waals surface area (Å²) in [6.07, 6.45) is 1.42. The van der Waals surface area contributed by atoms with Gasteiger partial charge in [0.15, 0.2) is 11.5 Å². The lowest BCUT2D eigenvalue weighted by Gasteiger charge is -2.30. The van der Waals surface area contributed by atoms with Crippen molar-refractivity contribution in [2.24, 2.45) is 11.8 Å². The van der Waals surface area contributed by atoms with Gasteiger partial charge in [-0.25, -0.2) is 0 Å². The maximum absolute atomic E-state index is 11.1. The highest BCUT2D eigenvalue weighted by atomic mass is 16.5. The number of nitrogens with zero attached hydrogens (tertiary/aromatic N) is 1. The van der Waals surface area contributed by atoms with Crippen LogP contribution in [0.1, 0.15) is 32.3 Å². The first-order valence-electron chi connectivity index (χ1n) is 8.25. The lowest BCUT2D eigenvalue weighted by atomic mass is 9.97. The van der Waals surface area contributed by atoms with Gasteiger partial charge in [0.1, 0.15) is 0 Å². The van der Waals surface area contributed by atoms with Crippen LogP contribution in [0.25, 0.3) is 0 Å². The molecule has 1 saturated heterocycles. The Morgan fingerprint density at radius 1 is 1.35 bits per heavy atom. The molecule has 1 aromatic rings. The Kier molecular flexibility index (Phi) is 6.28. The van der Waals surface area contributed by atoms with Crippen molar-refractivity contribution in [2.75, 3.05) is 26.8 Å². The second-order valence-electron chi connectivity index (χ2n) is 6.54. The van der Waals surface area contributed by atoms with Crippen molar-refractivity contribution < 1.29 is 19.4 Å². The van der Waals surface area contributed by atoms with Crippen LogP contribution in [0.2, 0.25) is 0 Å². The van der Waals surface area contributed by atoms with E-state index in [1.165, 1.54) is 0 Å². The third-order valence-corrected chi connectivity index (χ3v) is 4.17. The number of rotatable bonds is 7. The van der Waals surface area contributed by atoms with Crippen molar-refractivity contribution in [3.63, 3.8) is 0 Å². The van der Waals surface area contributed by atoms with Crippen molar-refractivity contribution in [1.29, 1.82) is 0 Å². The molecule has 1 N–H and O–H groups in total. The second-order valence-corrected chi connectivity index (χ2v) is 6.54. The molecule has 0 atom stereocenters. The van der Waals surface area contributed by atoms with Crippen molar-refractivity contribution in [3.05, 3.63) is 23.8 Å². The highest BCUT2D eigenvalue weighted by molar-refractivity contribution is 5.70. The molecule has 0 bridgehead atoms. The molecule has 1 aromatic carbocycles. The molecular weight excluding hydrogens is 294 g/mol. The first-order chi connectivity index (χ1) is 11.0. The predicted molar refractivity (Wildman–Crippen MR) is 89.0 cm³/mol. The number of hydrogen-bond acceptors (Lipinski definition) is 4. The first-order valence-corrected chi connectivity index (χ1v) is 8.25. The molecule has 0 unspecified atom stereocenters. The van der Waals surface area contributed by atoms with E-state index in [2.05, 4.69) is 24.8 Å². The predicted octanol–water partition coefficient (Wildman–Crippen LogP) is 3.03. The zero-order chi connectivity index (χ0) is 16.8. The van der Waals surface area contributed by atoms with E-state index in [4.69, 9.17) is 14.6 Å². The monoisotopic (exact) mass is 321 g/mol. The number of carboxylic acid groups (broad SMARTS) is 1. The number of para-hydroxylation sites is 1. The highest BCUT2D eigenvalue weighted by Crippen LogP contribution is 2.33. The minimum Gasteiger partial charge on any atom is -0.493 e. The zero-order valence-corrected chi connectivity index (χ0v) is 14.2. The second kappa shape index (κ2) is 8.20. The van der Waals surface area contributed by atoms with E-state index in [1.807, 2.05) is 12.1 Å². The minimum atomic E-state index is -0.674. The summed E-state index contributed by atoms with van der Waals surface area (Å²) in [5.41, 5.74) is 1.10. The third-order valence-electron chi connectivity index (χ3n) is 4.17. The molecule has 1 fully saturated rings. The van der Waals surface area contributed by atoms with Gasteiger partial charge in [0.2, 0.25) is 0 Å². The van der Waals surface area contributed by atoms with Gasteiger partial charge < -0.3 is 14.6 Å². The number of hydrogen-bond donors (Lipinski definition) is 1. The van der Waals surface area contributed by atoms with Crippen LogP contribution < -0.4 is 9.47 Å². The van der Waals surface area contributed by atoms with Crippen molar-refractivity contribution in [1.82, 2.24) is 4.90 Å². The maximum Gasteiger partial charge on any atom is 0.306 e. The van der Waals surface area contributed by atoms with Crippen LogP contribution >= 0.6 is 0 Å². The molecule has 2 rings (SSSR count). The number of aliphatic carboxylic acids is 1. The summed E-state index contributed by atoms with van der Waals surface area (Å²) in [6.45, 7) is 7.25. The number of likely N-dealkylation sites (tertiary alicyclic amines) is 1. The smallest absolute Gasteiger partial charge is 0.306 e. The fraction of sp³-hybridized carbons (Fsp3) is 0.611. The summed E-state index contributed by atoms with van der Waals surface area (Å²) < 4.78 is 11.4. The molecular formula is C18H27NO4. The van der Waals surface area contributed by atoms with Crippen LogP contribution in [0.5, 0.6) is 11.5 Å². The van der Waals surface area contributed by atoms with Crippen LogP contribution in [0.4, 0.5) is 0 Å². The Balaban J connectivity index is 2.05. The van der Waals surface area contributed by atoms with E-state index in [1.54, 1.807) is 7.11 Å². The molecule has 23 heavy (non-hydrogen) atoms. The van der Waals surface area contributed by atoms with Gasteiger partial charge in [-0.1, -0.05) is 26.0 Å². The molecule has 5 heteroatoms. The van der Waals surface area contributed by atoms with E-state index in [9.17, 15) is 4.79 Å². The largest absolute Gasteiger partial charge is 0.493 e. The summed E-state index contributed by atoms with van der Waals surface area (Å²) in [5, 5.41) is 9.09. The maximum atomic E-state index is 11.1. The molecule has 1 aliphatic rings. The molecule has 0 aromatic heterocycles. The quantitative estimate of drug-likeness (QED) is 0.836. The normalized spacial score (nSPS) is 16.5. The Labute approximate surface area is 138 Å². The van der Waals surface area contributed by atoms with Crippen molar-refractivity contribution >= 4 is 5.97 Å². The van der Waals surface area contributed by atoms with Gasteiger partial charge in [-0.15, -0.1) is 0 Å². The van der Waals surface area contributed by atoms with E-state index in [-0.39, 0.29) is 5.92 Å². The number of ether oxygens (including phenoxy) is 2. The van der Waals surface area contributed by atoms with E-state index in [0.29, 0.717) is 25.4 Å². The van der Waals surface area contributed by atoms with E-state index in [0.717, 1.165) is 36.7 Å². The molecule has 0 spiro atoms. The summed E-state index contributed by atoms with van der Waals surface area (Å²) in [7, 11) is 1.65. The lowest BCUT2D eigenvalue weighted by molar-refractivity contribution is -0.143. The van der Waals surface area contributed by atoms with Gasteiger partial charge in [0.05, 0.1) is 19.6 Å². The molecule has 128 valence electrons. The summed E-state index contributed by atoms with van der Waals surface area (Å²) in [5.74, 6) is 1.13. The van der Waals surface area contributed by atoms with Gasteiger partial charge in [0.25, 0.3) is 0 Å². The summed E-state index contributed by atoms with van der Waals surface area (Å²) in [4.78, 5) is 13.3. The number of benzene rings is 1. The topological polar surface area (TPSA) is 59.0 Å². The third kappa shape index (κ3) is 4.86. The van der Waals surface area contributed by atoms with Gasteiger partial charge in [-0.2, -0.15) is 0 Å². The van der Waals surface area contributed by atoms with Crippen LogP contribution in [0.15, 0.2) is 18.2 Å². The van der Waals surface area contributed by atoms with Gasteiger partial charge in [-0.3, -0.25) is 9.69 Å². The number of carbonyl (C=O) groups is 1. The van der Waals surface area contributed by atoms with Crippen molar-refractivity contribution in [3.8, 4) is 11.5 Å².